The number of hydrogen-bond donors (Lipinski definition) is 1. The summed E-state index contributed by atoms with van der Waals surface area (Å²) in [6.07, 6.45) is 5.75. The Labute approximate surface area is 129 Å². The third kappa shape index (κ3) is 3.32. The molecule has 0 atom stereocenters. The fraction of sp³-hybridized carbons (Fsp3) is 0.684. The van der Waals surface area contributed by atoms with Crippen molar-refractivity contribution in [2.75, 3.05) is 19.6 Å². The summed E-state index contributed by atoms with van der Waals surface area (Å²) in [6.45, 7) is 7.72. The third-order valence-electron chi connectivity index (χ3n) is 5.31. The molecule has 2 aliphatic rings. The van der Waals surface area contributed by atoms with Crippen LogP contribution in [-0.2, 0) is 5.60 Å². The van der Waals surface area contributed by atoms with Crippen molar-refractivity contribution in [3.63, 3.8) is 0 Å². The SMILES string of the molecule is CC(C)CN1CCC(O)(c2cccc(C3CCC3)c2)CC1. The number of hydrogen-bond acceptors (Lipinski definition) is 2. The summed E-state index contributed by atoms with van der Waals surface area (Å²) >= 11 is 0. The lowest BCUT2D eigenvalue weighted by Gasteiger charge is -2.39. The molecule has 0 aromatic heterocycles. The molecule has 1 N–H and O–H groups in total. The average Bonchev–Trinajstić information content (AvgIpc) is 2.40. The molecule has 3 rings (SSSR count). The molecular weight excluding hydrogens is 258 g/mol. The molecule has 1 heterocycles. The van der Waals surface area contributed by atoms with Crippen LogP contribution in [0.3, 0.4) is 0 Å². The lowest BCUT2D eigenvalue weighted by molar-refractivity contribution is -0.0280. The van der Waals surface area contributed by atoms with E-state index < -0.39 is 5.60 Å². The van der Waals surface area contributed by atoms with E-state index >= 15 is 0 Å². The van der Waals surface area contributed by atoms with Gasteiger partial charge in [0, 0.05) is 19.6 Å². The summed E-state index contributed by atoms with van der Waals surface area (Å²) < 4.78 is 0. The van der Waals surface area contributed by atoms with Crippen LogP contribution in [0.4, 0.5) is 0 Å². The first-order valence-electron chi connectivity index (χ1n) is 8.62. The van der Waals surface area contributed by atoms with Crippen LogP contribution in [0.15, 0.2) is 24.3 Å². The molecule has 2 heteroatoms. The van der Waals surface area contributed by atoms with Crippen molar-refractivity contribution in [2.45, 2.75) is 57.5 Å². The number of aliphatic hydroxyl groups is 1. The first-order chi connectivity index (χ1) is 10.1. The van der Waals surface area contributed by atoms with Crippen molar-refractivity contribution < 1.29 is 5.11 Å². The molecule has 1 aliphatic carbocycles. The molecule has 2 nitrogen and oxygen atoms in total. The van der Waals surface area contributed by atoms with Gasteiger partial charge in [-0.05, 0) is 48.6 Å². The first kappa shape index (κ1) is 15.1. The Morgan fingerprint density at radius 1 is 1.24 bits per heavy atom. The first-order valence-corrected chi connectivity index (χ1v) is 8.62. The number of rotatable bonds is 4. The van der Waals surface area contributed by atoms with Gasteiger partial charge in [-0.25, -0.2) is 0 Å². The van der Waals surface area contributed by atoms with Crippen LogP contribution in [-0.4, -0.2) is 29.6 Å². The van der Waals surface area contributed by atoms with E-state index in [0.29, 0.717) is 5.92 Å². The van der Waals surface area contributed by atoms with Crippen LogP contribution in [0.1, 0.15) is 63.0 Å². The van der Waals surface area contributed by atoms with Crippen LogP contribution >= 0.6 is 0 Å². The highest BCUT2D eigenvalue weighted by Crippen LogP contribution is 2.39. The number of likely N-dealkylation sites (tertiary alicyclic amines) is 1. The fourth-order valence-corrected chi connectivity index (χ4v) is 3.73. The zero-order chi connectivity index (χ0) is 14.9. The molecule has 21 heavy (non-hydrogen) atoms. The van der Waals surface area contributed by atoms with Gasteiger partial charge in [0.1, 0.15) is 0 Å². The fourth-order valence-electron chi connectivity index (χ4n) is 3.73. The Kier molecular flexibility index (Phi) is 4.37. The molecule has 1 aliphatic heterocycles. The molecule has 0 radical (unpaired) electrons. The smallest absolute Gasteiger partial charge is 0.0921 e. The highest BCUT2D eigenvalue weighted by molar-refractivity contribution is 5.31. The van der Waals surface area contributed by atoms with Gasteiger partial charge in [0.05, 0.1) is 5.60 Å². The van der Waals surface area contributed by atoms with E-state index in [1.807, 2.05) is 0 Å². The molecule has 1 aromatic carbocycles. The minimum absolute atomic E-state index is 0.604. The van der Waals surface area contributed by atoms with Gasteiger partial charge in [0.2, 0.25) is 0 Å². The van der Waals surface area contributed by atoms with Crippen molar-refractivity contribution >= 4 is 0 Å². The summed E-state index contributed by atoms with van der Waals surface area (Å²) in [7, 11) is 0. The molecule has 1 saturated heterocycles. The van der Waals surface area contributed by atoms with Gasteiger partial charge in [-0.15, -0.1) is 0 Å². The Morgan fingerprint density at radius 3 is 2.52 bits per heavy atom. The summed E-state index contributed by atoms with van der Waals surface area (Å²) in [5.41, 5.74) is 1.99. The van der Waals surface area contributed by atoms with E-state index in [2.05, 4.69) is 43.0 Å². The Morgan fingerprint density at radius 2 is 1.95 bits per heavy atom. The van der Waals surface area contributed by atoms with Gasteiger partial charge in [-0.1, -0.05) is 44.5 Å². The Bertz CT molecular complexity index is 470. The molecule has 0 amide bonds. The van der Waals surface area contributed by atoms with Gasteiger partial charge < -0.3 is 10.0 Å². The maximum atomic E-state index is 11.1. The molecule has 1 aromatic rings. The summed E-state index contributed by atoms with van der Waals surface area (Å²) in [5, 5.41) is 11.1. The van der Waals surface area contributed by atoms with Crippen LogP contribution in [0, 0.1) is 5.92 Å². The van der Waals surface area contributed by atoms with Gasteiger partial charge >= 0.3 is 0 Å². The second-order valence-electron chi connectivity index (χ2n) is 7.48. The predicted molar refractivity (Wildman–Crippen MR) is 87.4 cm³/mol. The second-order valence-corrected chi connectivity index (χ2v) is 7.48. The van der Waals surface area contributed by atoms with Gasteiger partial charge in [-0.3, -0.25) is 0 Å². The largest absolute Gasteiger partial charge is 0.385 e. The van der Waals surface area contributed by atoms with E-state index in [9.17, 15) is 5.11 Å². The normalized spacial score (nSPS) is 23.2. The van der Waals surface area contributed by atoms with Crippen molar-refractivity contribution in [3.05, 3.63) is 35.4 Å². The summed E-state index contributed by atoms with van der Waals surface area (Å²) in [6, 6.07) is 8.79. The highest BCUT2D eigenvalue weighted by atomic mass is 16.3. The van der Waals surface area contributed by atoms with Crippen LogP contribution in [0.2, 0.25) is 0 Å². The zero-order valence-corrected chi connectivity index (χ0v) is 13.5. The molecule has 0 spiro atoms. The number of piperidine rings is 1. The van der Waals surface area contributed by atoms with Crippen molar-refractivity contribution in [2.24, 2.45) is 5.92 Å². The minimum Gasteiger partial charge on any atom is -0.385 e. The Hall–Kier alpha value is -0.860. The van der Waals surface area contributed by atoms with Gasteiger partial charge in [-0.2, -0.15) is 0 Å². The van der Waals surface area contributed by atoms with E-state index in [1.165, 1.54) is 24.8 Å². The molecule has 0 unspecified atom stereocenters. The molecule has 0 bridgehead atoms. The monoisotopic (exact) mass is 287 g/mol. The highest BCUT2D eigenvalue weighted by Gasteiger charge is 2.34. The maximum Gasteiger partial charge on any atom is 0.0921 e. The topological polar surface area (TPSA) is 23.5 Å². The van der Waals surface area contributed by atoms with E-state index in [-0.39, 0.29) is 0 Å². The van der Waals surface area contributed by atoms with E-state index in [4.69, 9.17) is 0 Å². The van der Waals surface area contributed by atoms with Crippen molar-refractivity contribution in [1.29, 1.82) is 0 Å². The van der Waals surface area contributed by atoms with Crippen molar-refractivity contribution in [1.82, 2.24) is 4.90 Å². The second kappa shape index (κ2) is 6.10. The third-order valence-corrected chi connectivity index (χ3v) is 5.31. The average molecular weight is 287 g/mol. The Balaban J connectivity index is 1.68. The number of benzene rings is 1. The minimum atomic E-state index is -0.604. The van der Waals surface area contributed by atoms with Crippen LogP contribution in [0.5, 0.6) is 0 Å². The zero-order valence-electron chi connectivity index (χ0n) is 13.5. The lowest BCUT2D eigenvalue weighted by Crippen LogP contribution is -2.43. The predicted octanol–water partition coefficient (Wildman–Crippen LogP) is 3.89. The van der Waals surface area contributed by atoms with E-state index in [0.717, 1.165) is 44.0 Å². The molecule has 1 saturated carbocycles. The summed E-state index contributed by atoms with van der Waals surface area (Å²) in [5.74, 6) is 1.45. The summed E-state index contributed by atoms with van der Waals surface area (Å²) in [4.78, 5) is 2.49. The van der Waals surface area contributed by atoms with Crippen LogP contribution < -0.4 is 0 Å². The lowest BCUT2D eigenvalue weighted by atomic mass is 9.77. The van der Waals surface area contributed by atoms with Gasteiger partial charge in [0.25, 0.3) is 0 Å². The quantitative estimate of drug-likeness (QED) is 0.908. The van der Waals surface area contributed by atoms with Gasteiger partial charge in [0.15, 0.2) is 0 Å². The van der Waals surface area contributed by atoms with E-state index in [1.54, 1.807) is 0 Å². The maximum absolute atomic E-state index is 11.1. The van der Waals surface area contributed by atoms with Crippen molar-refractivity contribution in [3.8, 4) is 0 Å². The molecule has 2 fully saturated rings. The standard InChI is InChI=1S/C19H29NO/c1-15(2)14-20-11-9-19(21,10-12-20)18-8-4-7-17(13-18)16-5-3-6-16/h4,7-8,13,15-16,21H,3,5-6,9-12,14H2,1-2H3. The molecular formula is C19H29NO. The molecule has 116 valence electrons. The number of nitrogens with zero attached hydrogens (tertiary/aromatic N) is 1. The van der Waals surface area contributed by atoms with Crippen LogP contribution in [0.25, 0.3) is 0 Å².